The number of hydrogen-bond donors (Lipinski definition) is 3. The van der Waals surface area contributed by atoms with E-state index in [1.54, 1.807) is 56.3 Å². The van der Waals surface area contributed by atoms with Gasteiger partial charge >= 0.3 is 5.69 Å². The van der Waals surface area contributed by atoms with Crippen molar-refractivity contribution < 1.29 is 19.2 Å². The van der Waals surface area contributed by atoms with Crippen LogP contribution in [-0.2, 0) is 6.54 Å². The maximum Gasteiger partial charge on any atom is 0.312 e. The lowest BCUT2D eigenvalue weighted by Gasteiger charge is -2.10. The van der Waals surface area contributed by atoms with Crippen LogP contribution in [0.25, 0.3) is 0 Å². The number of hydrogen-bond acceptors (Lipinski definition) is 8. The summed E-state index contributed by atoms with van der Waals surface area (Å²) < 4.78 is 6.96. The van der Waals surface area contributed by atoms with Crippen molar-refractivity contribution in [3.05, 3.63) is 97.8 Å². The molecule has 200 valence electrons. The van der Waals surface area contributed by atoms with Gasteiger partial charge in [0.05, 0.1) is 31.1 Å². The third kappa shape index (κ3) is 6.10. The largest absolute Gasteiger partial charge is 0.496 e. The lowest BCUT2D eigenvalue weighted by molar-refractivity contribution is -0.386. The number of H-pyrrole nitrogens is 1. The van der Waals surface area contributed by atoms with E-state index in [-0.39, 0.29) is 23.6 Å². The minimum absolute atomic E-state index is 0.0334. The van der Waals surface area contributed by atoms with Crippen molar-refractivity contribution in [2.45, 2.75) is 20.4 Å². The zero-order valence-electron chi connectivity index (χ0n) is 21.1. The number of aromatic amines is 1. The number of hydrazone groups is 1. The van der Waals surface area contributed by atoms with Gasteiger partial charge in [0.2, 0.25) is 0 Å². The maximum atomic E-state index is 12.7. The predicted octanol–water partition coefficient (Wildman–Crippen LogP) is 3.86. The molecule has 4 rings (SSSR count). The summed E-state index contributed by atoms with van der Waals surface area (Å²) in [6, 6.07) is 11.7. The molecule has 3 N–H and O–H groups in total. The van der Waals surface area contributed by atoms with E-state index in [2.05, 4.69) is 30.9 Å². The summed E-state index contributed by atoms with van der Waals surface area (Å²) >= 11 is 5.86. The van der Waals surface area contributed by atoms with Gasteiger partial charge in [-0.1, -0.05) is 11.6 Å². The molecule has 13 nitrogen and oxygen atoms in total. The van der Waals surface area contributed by atoms with E-state index < -0.39 is 16.7 Å². The molecule has 2 aromatic carbocycles. The van der Waals surface area contributed by atoms with Gasteiger partial charge in [-0.2, -0.15) is 10.2 Å². The molecule has 0 aliphatic heterocycles. The van der Waals surface area contributed by atoms with Crippen molar-refractivity contribution in [2.75, 3.05) is 12.4 Å². The van der Waals surface area contributed by atoms with Crippen molar-refractivity contribution in [3.63, 3.8) is 0 Å². The second kappa shape index (κ2) is 11.6. The van der Waals surface area contributed by atoms with Crippen LogP contribution in [0, 0.1) is 24.0 Å². The number of imidazole rings is 1. The lowest BCUT2D eigenvalue weighted by atomic mass is 10.1. The molecule has 4 aromatic rings. The number of ether oxygens (including phenoxy) is 1. The molecule has 0 bridgehead atoms. The van der Waals surface area contributed by atoms with E-state index >= 15 is 0 Å². The van der Waals surface area contributed by atoms with Crippen LogP contribution in [0.4, 0.5) is 11.4 Å². The van der Waals surface area contributed by atoms with Gasteiger partial charge < -0.3 is 15.0 Å². The number of anilines is 1. The van der Waals surface area contributed by atoms with Gasteiger partial charge in [0.1, 0.15) is 22.8 Å². The van der Waals surface area contributed by atoms with Crippen LogP contribution in [0.5, 0.6) is 5.75 Å². The van der Waals surface area contributed by atoms with Crippen LogP contribution < -0.4 is 15.5 Å². The number of benzene rings is 2. The van der Waals surface area contributed by atoms with Gasteiger partial charge in [-0.15, -0.1) is 0 Å². The molecule has 0 atom stereocenters. The first-order valence-electron chi connectivity index (χ1n) is 11.5. The first kappa shape index (κ1) is 27.0. The minimum atomic E-state index is -0.697. The van der Waals surface area contributed by atoms with Crippen LogP contribution >= 0.6 is 11.6 Å². The highest BCUT2D eigenvalue weighted by atomic mass is 35.5. The molecule has 0 spiro atoms. The van der Waals surface area contributed by atoms with Gasteiger partial charge in [0.25, 0.3) is 11.8 Å². The maximum absolute atomic E-state index is 12.7. The number of nitrogens with zero attached hydrogens (tertiary/aromatic N) is 5. The summed E-state index contributed by atoms with van der Waals surface area (Å²) in [6.07, 6.45) is 2.64. The van der Waals surface area contributed by atoms with Gasteiger partial charge in [-0.3, -0.25) is 24.4 Å². The molecular weight excluding hydrogens is 528 g/mol. The smallest absolute Gasteiger partial charge is 0.312 e. The Hall–Kier alpha value is -5.04. The van der Waals surface area contributed by atoms with Crippen LogP contribution in [0.15, 0.2) is 53.9 Å². The summed E-state index contributed by atoms with van der Waals surface area (Å²) in [5.74, 6) is -0.704. The molecule has 0 aliphatic carbocycles. The first-order chi connectivity index (χ1) is 18.7. The van der Waals surface area contributed by atoms with E-state index in [4.69, 9.17) is 16.3 Å². The average Bonchev–Trinajstić information content (AvgIpc) is 3.50. The number of aromatic nitrogens is 4. The molecule has 2 heterocycles. The molecule has 39 heavy (non-hydrogen) atoms. The molecule has 0 unspecified atom stereocenters. The van der Waals surface area contributed by atoms with E-state index in [9.17, 15) is 19.7 Å². The summed E-state index contributed by atoms with van der Waals surface area (Å²) in [4.78, 5) is 42.8. The second-order valence-corrected chi connectivity index (χ2v) is 8.73. The standard InChI is InChI=1S/C25H23ClN8O5/c1-14-23(34(37)38)15(2)33(32-14)12-17-10-16(4-9-20(17)39-3)11-29-31-25(36)22-21(27-13-28-22)24(35)30-19-7-5-18(26)6-8-19/h4-11,13H,12H2,1-3H3,(H,27,28)(H,30,35)(H,31,36)/b29-11-. The molecule has 0 radical (unpaired) electrons. The highest BCUT2D eigenvalue weighted by Crippen LogP contribution is 2.26. The fraction of sp³-hybridized carbons (Fsp3) is 0.160. The summed E-state index contributed by atoms with van der Waals surface area (Å²) in [5, 5.41) is 22.8. The fourth-order valence-electron chi connectivity index (χ4n) is 3.85. The summed E-state index contributed by atoms with van der Waals surface area (Å²) in [7, 11) is 1.51. The Bertz CT molecular complexity index is 1580. The topological polar surface area (TPSA) is 169 Å². The van der Waals surface area contributed by atoms with Crippen molar-refractivity contribution >= 4 is 41.0 Å². The van der Waals surface area contributed by atoms with Gasteiger partial charge in [0, 0.05) is 16.3 Å². The summed E-state index contributed by atoms with van der Waals surface area (Å²) in [6.45, 7) is 3.43. The molecular formula is C25H23ClN8O5. The third-order valence-electron chi connectivity index (χ3n) is 5.71. The Kier molecular flexibility index (Phi) is 8.01. The fourth-order valence-corrected chi connectivity index (χ4v) is 3.98. The van der Waals surface area contributed by atoms with Crippen molar-refractivity contribution in [2.24, 2.45) is 5.10 Å². The van der Waals surface area contributed by atoms with Crippen LogP contribution in [0.2, 0.25) is 5.02 Å². The number of halogens is 1. The monoisotopic (exact) mass is 550 g/mol. The highest BCUT2D eigenvalue weighted by Gasteiger charge is 2.23. The molecule has 2 amide bonds. The Labute approximate surface area is 227 Å². The lowest BCUT2D eigenvalue weighted by Crippen LogP contribution is -2.23. The van der Waals surface area contributed by atoms with E-state index in [0.29, 0.717) is 39.0 Å². The van der Waals surface area contributed by atoms with E-state index in [1.165, 1.54) is 24.3 Å². The number of aryl methyl sites for hydroxylation is 1. The molecule has 0 saturated heterocycles. The summed E-state index contributed by atoms with van der Waals surface area (Å²) in [5.41, 5.74) is 4.69. The number of nitro groups is 1. The van der Waals surface area contributed by atoms with Crippen molar-refractivity contribution in [3.8, 4) is 5.75 Å². The molecule has 0 saturated carbocycles. The van der Waals surface area contributed by atoms with Gasteiger partial charge in [-0.25, -0.2) is 10.4 Å². The van der Waals surface area contributed by atoms with Crippen molar-refractivity contribution in [1.82, 2.24) is 25.2 Å². The molecule has 14 heteroatoms. The third-order valence-corrected chi connectivity index (χ3v) is 5.97. The number of nitrogens with one attached hydrogen (secondary N) is 3. The van der Waals surface area contributed by atoms with Crippen LogP contribution in [0.1, 0.15) is 43.5 Å². The normalized spacial score (nSPS) is 11.0. The number of carbonyl (C=O) groups is 2. The zero-order chi connectivity index (χ0) is 28.1. The number of carbonyl (C=O) groups excluding carboxylic acids is 2. The SMILES string of the molecule is COc1ccc(/C=N\NC(=O)c2nc[nH]c2C(=O)Nc2ccc(Cl)cc2)cc1Cn1nc(C)c([N+](=O)[O-])c1C. The Balaban J connectivity index is 1.46. The van der Waals surface area contributed by atoms with E-state index in [0.717, 1.165) is 0 Å². The molecule has 0 aliphatic rings. The first-order valence-corrected chi connectivity index (χ1v) is 11.8. The van der Waals surface area contributed by atoms with Crippen LogP contribution in [-0.4, -0.2) is 49.8 Å². The van der Waals surface area contributed by atoms with Crippen LogP contribution in [0.3, 0.4) is 0 Å². The predicted molar refractivity (Wildman–Crippen MR) is 144 cm³/mol. The quantitative estimate of drug-likeness (QED) is 0.161. The van der Waals surface area contributed by atoms with Gasteiger partial charge in [-0.05, 0) is 61.9 Å². The second-order valence-electron chi connectivity index (χ2n) is 8.29. The number of rotatable bonds is 9. The average molecular weight is 551 g/mol. The Morgan fingerprint density at radius 1 is 1.21 bits per heavy atom. The Morgan fingerprint density at radius 3 is 2.62 bits per heavy atom. The van der Waals surface area contributed by atoms with Gasteiger partial charge in [0.15, 0.2) is 5.69 Å². The molecule has 0 fully saturated rings. The molecule has 2 aromatic heterocycles. The highest BCUT2D eigenvalue weighted by molar-refractivity contribution is 6.30. The number of methoxy groups -OCH3 is 1. The minimum Gasteiger partial charge on any atom is -0.496 e. The van der Waals surface area contributed by atoms with E-state index in [1.807, 2.05) is 0 Å². The number of amides is 2. The zero-order valence-corrected chi connectivity index (χ0v) is 21.8. The van der Waals surface area contributed by atoms with Crippen molar-refractivity contribution in [1.29, 1.82) is 0 Å². The Morgan fingerprint density at radius 2 is 1.95 bits per heavy atom.